The molecule has 2 aromatic carbocycles. The van der Waals surface area contributed by atoms with Crippen molar-refractivity contribution >= 4 is 28.9 Å². The van der Waals surface area contributed by atoms with Crippen molar-refractivity contribution in [2.75, 3.05) is 0 Å². The molecule has 0 atom stereocenters. The van der Waals surface area contributed by atoms with Crippen LogP contribution in [-0.2, 0) is 0 Å². The lowest BCUT2D eigenvalue weighted by atomic mass is 10.2. The quantitative estimate of drug-likeness (QED) is 0.550. The van der Waals surface area contributed by atoms with Crippen LogP contribution in [0.15, 0.2) is 53.3 Å². The van der Waals surface area contributed by atoms with Crippen molar-refractivity contribution in [2.24, 2.45) is 0 Å². The van der Waals surface area contributed by atoms with Crippen molar-refractivity contribution in [3.63, 3.8) is 0 Å². The Kier molecular flexibility index (Phi) is 2.74. The Morgan fingerprint density at radius 1 is 1.14 bits per heavy atom. The fourth-order valence-corrected chi connectivity index (χ4v) is 2.94. The first-order valence-electron chi connectivity index (χ1n) is 6.85. The van der Waals surface area contributed by atoms with Crippen LogP contribution in [0.5, 0.6) is 0 Å². The van der Waals surface area contributed by atoms with Crippen LogP contribution in [0.3, 0.4) is 0 Å². The van der Waals surface area contributed by atoms with E-state index >= 15 is 0 Å². The Hall–Kier alpha value is -2.73. The largest absolute Gasteiger partial charge is 0.268 e. The third-order valence-corrected chi connectivity index (χ3v) is 3.97. The van der Waals surface area contributed by atoms with E-state index in [1.165, 1.54) is 0 Å². The summed E-state index contributed by atoms with van der Waals surface area (Å²) in [7, 11) is 0. The van der Waals surface area contributed by atoms with Gasteiger partial charge in [0.05, 0.1) is 16.6 Å². The van der Waals surface area contributed by atoms with Gasteiger partial charge in [0, 0.05) is 0 Å². The van der Waals surface area contributed by atoms with Crippen LogP contribution in [-0.4, -0.2) is 19.2 Å². The highest BCUT2D eigenvalue weighted by Crippen LogP contribution is 2.17. The number of aromatic amines is 1. The third kappa shape index (κ3) is 1.74. The molecule has 0 unspecified atom stereocenters. The highest BCUT2D eigenvalue weighted by atomic mass is 32.1. The molecular weight excluding hydrogens is 296 g/mol. The van der Waals surface area contributed by atoms with Crippen molar-refractivity contribution in [1.82, 2.24) is 19.2 Å². The molecule has 0 fully saturated rings. The molecule has 22 heavy (non-hydrogen) atoms. The predicted molar refractivity (Wildman–Crippen MR) is 88.2 cm³/mol. The summed E-state index contributed by atoms with van der Waals surface area (Å²) in [5.74, 6) is 0.485. The Morgan fingerprint density at radius 2 is 1.95 bits per heavy atom. The molecule has 0 spiro atoms. The van der Waals surface area contributed by atoms with Gasteiger partial charge in [-0.1, -0.05) is 24.3 Å². The summed E-state index contributed by atoms with van der Waals surface area (Å²) in [5, 5.41) is 7.63. The molecule has 5 nitrogen and oxygen atoms in total. The van der Waals surface area contributed by atoms with Crippen molar-refractivity contribution in [2.45, 2.75) is 6.92 Å². The van der Waals surface area contributed by atoms with E-state index in [0.29, 0.717) is 15.9 Å². The molecule has 0 radical (unpaired) electrons. The molecule has 0 aliphatic carbocycles. The number of nitrogens with zero attached hydrogens (tertiary/aromatic N) is 3. The first kappa shape index (κ1) is 13.0. The summed E-state index contributed by atoms with van der Waals surface area (Å²) < 4.78 is 3.84. The summed E-state index contributed by atoms with van der Waals surface area (Å²) >= 11 is 5.32. The van der Waals surface area contributed by atoms with Crippen molar-refractivity contribution in [3.8, 4) is 5.69 Å². The Morgan fingerprint density at radius 3 is 2.77 bits per heavy atom. The molecule has 0 bridgehead atoms. The summed E-state index contributed by atoms with van der Waals surface area (Å²) in [6, 6.07) is 15.2. The lowest BCUT2D eigenvalue weighted by Gasteiger charge is -2.10. The van der Waals surface area contributed by atoms with Crippen LogP contribution in [0.4, 0.5) is 0 Å². The standard InChI is InChI=1S/C16H12N4OS/c1-10-5-4-6-11(9-10)19-14(21)12-7-2-3-8-13(12)20-15(19)17-18-16(20)22/h2-9H,1H3,(H,18,22). The number of hydrogen-bond acceptors (Lipinski definition) is 3. The van der Waals surface area contributed by atoms with Crippen molar-refractivity contribution in [1.29, 1.82) is 0 Å². The molecule has 0 amide bonds. The zero-order valence-corrected chi connectivity index (χ0v) is 12.6. The summed E-state index contributed by atoms with van der Waals surface area (Å²) in [5.41, 5.74) is 2.49. The van der Waals surface area contributed by atoms with Crippen LogP contribution in [0.25, 0.3) is 22.4 Å². The van der Waals surface area contributed by atoms with Gasteiger partial charge in [0.1, 0.15) is 0 Å². The highest BCUT2D eigenvalue weighted by Gasteiger charge is 2.14. The molecule has 4 rings (SSSR count). The number of aryl methyl sites for hydroxylation is 1. The molecule has 0 saturated heterocycles. The monoisotopic (exact) mass is 308 g/mol. The van der Waals surface area contributed by atoms with Crippen LogP contribution < -0.4 is 5.56 Å². The van der Waals surface area contributed by atoms with E-state index in [-0.39, 0.29) is 5.56 Å². The number of fused-ring (bicyclic) bond motifs is 3. The number of H-pyrrole nitrogens is 1. The van der Waals surface area contributed by atoms with Gasteiger partial charge in [-0.3, -0.25) is 9.20 Å². The maximum absolute atomic E-state index is 12.9. The average Bonchev–Trinajstić information content (AvgIpc) is 2.90. The average molecular weight is 308 g/mol. The Balaban J connectivity index is 2.29. The molecule has 0 aliphatic rings. The molecule has 0 aliphatic heterocycles. The van der Waals surface area contributed by atoms with Crippen molar-refractivity contribution in [3.05, 3.63) is 69.2 Å². The topological polar surface area (TPSA) is 55.1 Å². The van der Waals surface area contributed by atoms with Gasteiger partial charge >= 0.3 is 0 Å². The van der Waals surface area contributed by atoms with Crippen LogP contribution in [0, 0.1) is 11.7 Å². The van der Waals surface area contributed by atoms with E-state index in [1.54, 1.807) is 15.0 Å². The molecule has 1 N–H and O–H groups in total. The number of rotatable bonds is 1. The van der Waals surface area contributed by atoms with Gasteiger partial charge in [0.15, 0.2) is 0 Å². The molecule has 6 heteroatoms. The summed E-state index contributed by atoms with van der Waals surface area (Å²) in [4.78, 5) is 12.9. The minimum atomic E-state index is -0.109. The molecule has 4 aromatic rings. The van der Waals surface area contributed by atoms with Gasteiger partial charge in [-0.2, -0.15) is 0 Å². The number of benzene rings is 2. The fraction of sp³-hybridized carbons (Fsp3) is 0.0625. The number of para-hydroxylation sites is 1. The van der Waals surface area contributed by atoms with E-state index < -0.39 is 0 Å². The normalized spacial score (nSPS) is 11.3. The van der Waals surface area contributed by atoms with Gasteiger partial charge in [0.2, 0.25) is 10.5 Å². The van der Waals surface area contributed by atoms with Gasteiger partial charge in [-0.05, 0) is 49.0 Å². The van der Waals surface area contributed by atoms with Gasteiger partial charge in [-0.15, -0.1) is 5.10 Å². The van der Waals surface area contributed by atoms with Crippen molar-refractivity contribution < 1.29 is 0 Å². The maximum atomic E-state index is 12.9. The summed E-state index contributed by atoms with van der Waals surface area (Å²) in [6.45, 7) is 1.99. The molecule has 0 saturated carbocycles. The second kappa shape index (κ2) is 4.64. The van der Waals surface area contributed by atoms with E-state index in [4.69, 9.17) is 12.2 Å². The first-order chi connectivity index (χ1) is 10.7. The second-order valence-corrected chi connectivity index (χ2v) is 5.55. The Labute approximate surface area is 130 Å². The SMILES string of the molecule is Cc1cccc(-n2c(=O)c3ccccc3n3c(=S)[nH]nc23)c1. The van der Waals surface area contributed by atoms with E-state index in [9.17, 15) is 4.79 Å². The third-order valence-electron chi connectivity index (χ3n) is 3.69. The minimum Gasteiger partial charge on any atom is -0.268 e. The lowest BCUT2D eigenvalue weighted by Crippen LogP contribution is -2.21. The number of hydrogen-bond donors (Lipinski definition) is 1. The molecule has 108 valence electrons. The number of nitrogens with one attached hydrogen (secondary N) is 1. The summed E-state index contributed by atoms with van der Waals surface area (Å²) in [6.07, 6.45) is 0. The minimum absolute atomic E-state index is 0.109. The predicted octanol–water partition coefficient (Wildman–Crippen LogP) is 3.00. The van der Waals surface area contributed by atoms with Crippen LogP contribution in [0.1, 0.15) is 5.56 Å². The molecule has 2 aromatic heterocycles. The Bertz CT molecular complexity index is 1140. The molecular formula is C16H12N4OS. The van der Waals surface area contributed by atoms with E-state index in [1.807, 2.05) is 49.4 Å². The first-order valence-corrected chi connectivity index (χ1v) is 7.25. The zero-order valence-electron chi connectivity index (χ0n) is 11.8. The maximum Gasteiger partial charge on any atom is 0.267 e. The second-order valence-electron chi connectivity index (χ2n) is 5.16. The van der Waals surface area contributed by atoms with Gasteiger partial charge in [0.25, 0.3) is 5.56 Å². The van der Waals surface area contributed by atoms with Crippen LogP contribution in [0.2, 0.25) is 0 Å². The lowest BCUT2D eigenvalue weighted by molar-refractivity contribution is 0.965. The van der Waals surface area contributed by atoms with Gasteiger partial charge < -0.3 is 0 Å². The zero-order chi connectivity index (χ0) is 15.3. The number of aromatic nitrogens is 4. The molecule has 2 heterocycles. The highest BCUT2D eigenvalue weighted by molar-refractivity contribution is 7.71. The van der Waals surface area contributed by atoms with Crippen LogP contribution >= 0.6 is 12.2 Å². The van der Waals surface area contributed by atoms with E-state index in [2.05, 4.69) is 10.2 Å². The smallest absolute Gasteiger partial charge is 0.267 e. The van der Waals surface area contributed by atoms with E-state index in [0.717, 1.165) is 16.8 Å². The van der Waals surface area contributed by atoms with Gasteiger partial charge in [-0.25, -0.2) is 9.67 Å². The fourth-order valence-electron chi connectivity index (χ4n) is 2.72.